The molecule has 3 aliphatic rings. The lowest BCUT2D eigenvalue weighted by Gasteiger charge is -2.32. The Morgan fingerprint density at radius 1 is 1.18 bits per heavy atom. The van der Waals surface area contributed by atoms with Crippen molar-refractivity contribution in [3.05, 3.63) is 64.8 Å². The van der Waals surface area contributed by atoms with Gasteiger partial charge < -0.3 is 9.64 Å². The quantitative estimate of drug-likeness (QED) is 0.646. The molecule has 10 heteroatoms. The van der Waals surface area contributed by atoms with Crippen molar-refractivity contribution in [1.82, 2.24) is 4.90 Å². The highest BCUT2D eigenvalue weighted by atomic mass is 19.4. The van der Waals surface area contributed by atoms with E-state index in [0.717, 1.165) is 23.2 Å². The Hall–Kier alpha value is -2.78. The van der Waals surface area contributed by atoms with Crippen molar-refractivity contribution in [2.75, 3.05) is 6.54 Å². The summed E-state index contributed by atoms with van der Waals surface area (Å²) in [6.45, 7) is -3.58. The molecular formula is C18H11F7N2O. The van der Waals surface area contributed by atoms with Crippen molar-refractivity contribution < 1.29 is 35.5 Å². The van der Waals surface area contributed by atoms with Crippen LogP contribution in [-0.4, -0.2) is 30.1 Å². The second-order valence-corrected chi connectivity index (χ2v) is 6.48. The van der Waals surface area contributed by atoms with Gasteiger partial charge in [-0.1, -0.05) is 12.1 Å². The molecule has 3 nitrogen and oxygen atoms in total. The number of benzene rings is 1. The molecule has 4 rings (SSSR count). The Morgan fingerprint density at radius 2 is 1.93 bits per heavy atom. The summed E-state index contributed by atoms with van der Waals surface area (Å²) < 4.78 is 97.5. The number of fused-ring (bicyclic) bond motifs is 3. The maximum Gasteiger partial charge on any atom is 0.417 e. The molecule has 2 heterocycles. The van der Waals surface area contributed by atoms with Gasteiger partial charge in [-0.2, -0.15) is 22.0 Å². The maximum atomic E-state index is 14.2. The van der Waals surface area contributed by atoms with Crippen molar-refractivity contribution >= 4 is 11.7 Å². The lowest BCUT2D eigenvalue weighted by molar-refractivity contribution is -0.0981. The number of amidine groups is 1. The zero-order valence-corrected chi connectivity index (χ0v) is 13.9. The number of rotatable bonds is 2. The fourth-order valence-electron chi connectivity index (χ4n) is 3.59. The van der Waals surface area contributed by atoms with Crippen LogP contribution in [0.25, 0.3) is 5.83 Å². The molecule has 28 heavy (non-hydrogen) atoms. The average Bonchev–Trinajstić information content (AvgIpc) is 2.97. The standard InChI is InChI=1S/C18H11F7N2O/c19-11-3-1-2-10-14(11)12(20)4-5-17(10)8-27-7-9(18(23,24)25)6-13(15(27)26-17)28-16(21)22/h1-4,6-7,16H,5,8H2/t17-/m1/s1. The van der Waals surface area contributed by atoms with Crippen LogP contribution in [0, 0.1) is 5.82 Å². The van der Waals surface area contributed by atoms with Gasteiger partial charge in [-0.05, 0) is 30.2 Å². The minimum absolute atomic E-state index is 0.0769. The molecule has 0 unspecified atom stereocenters. The van der Waals surface area contributed by atoms with E-state index in [1.807, 2.05) is 0 Å². The third-order valence-corrected chi connectivity index (χ3v) is 4.74. The Labute approximate surface area is 154 Å². The zero-order chi connectivity index (χ0) is 20.3. The van der Waals surface area contributed by atoms with Gasteiger partial charge in [-0.15, -0.1) is 0 Å². The molecule has 1 spiro atoms. The first-order valence-electron chi connectivity index (χ1n) is 8.08. The largest absolute Gasteiger partial charge is 0.431 e. The maximum absolute atomic E-state index is 14.2. The fraction of sp³-hybridized carbons (Fsp3) is 0.278. The predicted octanol–water partition coefficient (Wildman–Crippen LogP) is 5.03. The van der Waals surface area contributed by atoms with Gasteiger partial charge in [0.05, 0.1) is 17.7 Å². The SMILES string of the molecule is FC1=CC[C@@]2(CN3C=C(C(F)(F)F)C=C(OC(F)F)C3=N2)c2cccc(F)c21. The van der Waals surface area contributed by atoms with Gasteiger partial charge in [0.1, 0.15) is 17.2 Å². The molecule has 0 radical (unpaired) electrons. The van der Waals surface area contributed by atoms with Crippen LogP contribution in [0.4, 0.5) is 30.7 Å². The van der Waals surface area contributed by atoms with Crippen LogP contribution in [-0.2, 0) is 10.3 Å². The number of halogens is 7. The van der Waals surface area contributed by atoms with Crippen molar-refractivity contribution in [1.29, 1.82) is 0 Å². The lowest BCUT2D eigenvalue weighted by Crippen LogP contribution is -2.36. The Balaban J connectivity index is 1.84. The molecule has 0 bridgehead atoms. The minimum Gasteiger partial charge on any atom is -0.431 e. The molecule has 148 valence electrons. The van der Waals surface area contributed by atoms with E-state index in [1.165, 1.54) is 12.1 Å². The molecule has 1 aromatic carbocycles. The van der Waals surface area contributed by atoms with E-state index in [1.54, 1.807) is 0 Å². The first kappa shape index (κ1) is 18.6. The van der Waals surface area contributed by atoms with Crippen LogP contribution in [0.1, 0.15) is 17.5 Å². The van der Waals surface area contributed by atoms with Crippen molar-refractivity contribution in [2.24, 2.45) is 4.99 Å². The van der Waals surface area contributed by atoms with Gasteiger partial charge in [0.15, 0.2) is 11.6 Å². The van der Waals surface area contributed by atoms with E-state index in [2.05, 4.69) is 9.73 Å². The van der Waals surface area contributed by atoms with Gasteiger partial charge in [-0.3, -0.25) is 4.99 Å². The highest BCUT2D eigenvalue weighted by molar-refractivity contribution is 6.01. The molecule has 1 atom stereocenters. The van der Waals surface area contributed by atoms with Gasteiger partial charge >= 0.3 is 12.8 Å². The van der Waals surface area contributed by atoms with Crippen LogP contribution in [0.2, 0.25) is 0 Å². The third-order valence-electron chi connectivity index (χ3n) is 4.74. The van der Waals surface area contributed by atoms with Crippen molar-refractivity contribution in [2.45, 2.75) is 24.7 Å². The summed E-state index contributed by atoms with van der Waals surface area (Å²) in [4.78, 5) is 5.32. The van der Waals surface area contributed by atoms with Crippen LogP contribution in [0.3, 0.4) is 0 Å². The van der Waals surface area contributed by atoms with E-state index >= 15 is 0 Å². The lowest BCUT2D eigenvalue weighted by atomic mass is 9.80. The van der Waals surface area contributed by atoms with Crippen LogP contribution < -0.4 is 0 Å². The normalized spacial score (nSPS) is 23.8. The first-order valence-corrected chi connectivity index (χ1v) is 8.08. The predicted molar refractivity (Wildman–Crippen MR) is 85.2 cm³/mol. The van der Waals surface area contributed by atoms with Crippen LogP contribution in [0.5, 0.6) is 0 Å². The fourth-order valence-corrected chi connectivity index (χ4v) is 3.59. The van der Waals surface area contributed by atoms with Crippen molar-refractivity contribution in [3.8, 4) is 0 Å². The van der Waals surface area contributed by atoms with Crippen LogP contribution >= 0.6 is 0 Å². The molecule has 0 N–H and O–H groups in total. The topological polar surface area (TPSA) is 24.8 Å². The number of ether oxygens (including phenoxy) is 1. The number of allylic oxidation sites excluding steroid dienone is 2. The number of hydrogen-bond acceptors (Lipinski definition) is 3. The number of aliphatic imine (C=N–C) groups is 1. The van der Waals surface area contributed by atoms with E-state index in [-0.39, 0.29) is 29.9 Å². The second kappa shape index (κ2) is 6.11. The summed E-state index contributed by atoms with van der Waals surface area (Å²) in [6.07, 6.45) is -2.64. The molecule has 0 saturated heterocycles. The monoisotopic (exact) mass is 404 g/mol. The molecule has 0 aromatic heterocycles. The first-order chi connectivity index (χ1) is 13.1. The molecule has 0 fully saturated rings. The Bertz CT molecular complexity index is 961. The molecule has 0 saturated carbocycles. The van der Waals surface area contributed by atoms with Gasteiger partial charge in [0.2, 0.25) is 0 Å². The molecule has 2 aliphatic heterocycles. The number of alkyl halides is 5. The van der Waals surface area contributed by atoms with Gasteiger partial charge in [0.25, 0.3) is 0 Å². The average molecular weight is 404 g/mol. The number of nitrogens with zero attached hydrogens (tertiary/aromatic N) is 2. The Morgan fingerprint density at radius 3 is 2.61 bits per heavy atom. The molecular weight excluding hydrogens is 393 g/mol. The summed E-state index contributed by atoms with van der Waals surface area (Å²) >= 11 is 0. The summed E-state index contributed by atoms with van der Waals surface area (Å²) in [5.74, 6) is -2.66. The van der Waals surface area contributed by atoms with E-state index in [9.17, 15) is 30.7 Å². The summed E-state index contributed by atoms with van der Waals surface area (Å²) in [7, 11) is 0. The molecule has 1 aromatic rings. The third kappa shape index (κ3) is 2.87. The molecule has 1 aliphatic carbocycles. The van der Waals surface area contributed by atoms with Crippen LogP contribution in [0.15, 0.2) is 52.9 Å². The highest BCUT2D eigenvalue weighted by Crippen LogP contribution is 2.47. The zero-order valence-electron chi connectivity index (χ0n) is 13.9. The van der Waals surface area contributed by atoms with Gasteiger partial charge in [-0.25, -0.2) is 8.78 Å². The number of hydrogen-bond donors (Lipinski definition) is 0. The van der Waals surface area contributed by atoms with E-state index in [4.69, 9.17) is 0 Å². The minimum atomic E-state index is -4.80. The summed E-state index contributed by atoms with van der Waals surface area (Å²) in [5, 5.41) is 0. The van der Waals surface area contributed by atoms with E-state index in [0.29, 0.717) is 6.08 Å². The van der Waals surface area contributed by atoms with E-state index < -0.39 is 41.3 Å². The second-order valence-electron chi connectivity index (χ2n) is 6.48. The van der Waals surface area contributed by atoms with Crippen molar-refractivity contribution in [3.63, 3.8) is 0 Å². The smallest absolute Gasteiger partial charge is 0.417 e. The summed E-state index contributed by atoms with van der Waals surface area (Å²) in [5.41, 5.74) is -2.73. The van der Waals surface area contributed by atoms with Gasteiger partial charge in [0, 0.05) is 6.20 Å². The summed E-state index contributed by atoms with van der Waals surface area (Å²) in [6, 6.07) is 3.79. The highest BCUT2D eigenvalue weighted by Gasteiger charge is 2.48. The molecule has 0 amide bonds. The Kier molecular flexibility index (Phi) is 4.06.